The number of hydrogen-bond acceptors (Lipinski definition) is 4. The molecular formula is C20H23ClN2O4S. The molecule has 0 atom stereocenters. The highest BCUT2D eigenvalue weighted by atomic mass is 35.5. The van der Waals surface area contributed by atoms with Crippen molar-refractivity contribution in [1.82, 2.24) is 9.21 Å². The Labute approximate surface area is 170 Å². The lowest BCUT2D eigenvalue weighted by Crippen LogP contribution is -2.51. The zero-order chi connectivity index (χ0) is 20.3. The molecule has 0 aliphatic carbocycles. The fourth-order valence-electron chi connectivity index (χ4n) is 3.22. The van der Waals surface area contributed by atoms with Gasteiger partial charge in [0.25, 0.3) is 5.91 Å². The summed E-state index contributed by atoms with van der Waals surface area (Å²) in [6.45, 7) is 4.89. The molecule has 0 N–H and O–H groups in total. The van der Waals surface area contributed by atoms with Crippen molar-refractivity contribution in [2.45, 2.75) is 18.7 Å². The van der Waals surface area contributed by atoms with E-state index in [2.05, 4.69) is 0 Å². The Morgan fingerprint density at radius 2 is 1.61 bits per heavy atom. The second-order valence-electron chi connectivity index (χ2n) is 6.72. The second-order valence-corrected chi connectivity index (χ2v) is 9.04. The number of aryl methyl sites for hydroxylation is 2. The zero-order valence-electron chi connectivity index (χ0n) is 15.9. The number of carbonyl (C=O) groups is 1. The van der Waals surface area contributed by atoms with E-state index in [1.54, 1.807) is 23.1 Å². The van der Waals surface area contributed by atoms with Crippen molar-refractivity contribution in [2.75, 3.05) is 32.8 Å². The van der Waals surface area contributed by atoms with Crippen LogP contribution in [0, 0.1) is 13.8 Å². The van der Waals surface area contributed by atoms with E-state index in [1.165, 1.54) is 10.4 Å². The van der Waals surface area contributed by atoms with Crippen LogP contribution in [0.2, 0.25) is 5.02 Å². The molecule has 6 nitrogen and oxygen atoms in total. The van der Waals surface area contributed by atoms with Crippen LogP contribution in [0.4, 0.5) is 0 Å². The van der Waals surface area contributed by atoms with E-state index < -0.39 is 10.0 Å². The minimum absolute atomic E-state index is 0.0665. The van der Waals surface area contributed by atoms with E-state index >= 15 is 0 Å². The smallest absolute Gasteiger partial charge is 0.260 e. The molecule has 0 aromatic heterocycles. The molecule has 0 bridgehead atoms. The molecule has 0 saturated carbocycles. The molecular weight excluding hydrogens is 400 g/mol. The molecule has 2 aromatic carbocycles. The number of sulfonamides is 1. The largest absolute Gasteiger partial charge is 0.483 e. The third kappa shape index (κ3) is 4.32. The highest BCUT2D eigenvalue weighted by molar-refractivity contribution is 7.89. The number of nitrogens with zero attached hydrogens (tertiary/aromatic N) is 2. The lowest BCUT2D eigenvalue weighted by atomic mass is 10.1. The van der Waals surface area contributed by atoms with E-state index in [4.69, 9.17) is 16.3 Å². The molecule has 0 spiro atoms. The summed E-state index contributed by atoms with van der Waals surface area (Å²) in [5, 5.41) is 0.197. The van der Waals surface area contributed by atoms with Crippen LogP contribution in [-0.2, 0) is 14.8 Å². The van der Waals surface area contributed by atoms with Gasteiger partial charge in [-0.1, -0.05) is 41.9 Å². The van der Waals surface area contributed by atoms with Gasteiger partial charge in [-0.25, -0.2) is 8.42 Å². The van der Waals surface area contributed by atoms with Crippen LogP contribution in [0.3, 0.4) is 0 Å². The van der Waals surface area contributed by atoms with Gasteiger partial charge in [0.15, 0.2) is 6.61 Å². The molecule has 1 fully saturated rings. The van der Waals surface area contributed by atoms with Gasteiger partial charge in [0, 0.05) is 26.2 Å². The van der Waals surface area contributed by atoms with Crippen LogP contribution in [0.25, 0.3) is 0 Å². The number of ether oxygens (including phenoxy) is 1. The number of amides is 1. The quantitative estimate of drug-likeness (QED) is 0.743. The molecule has 0 unspecified atom stereocenters. The van der Waals surface area contributed by atoms with Gasteiger partial charge in [-0.2, -0.15) is 4.31 Å². The minimum Gasteiger partial charge on any atom is -0.483 e. The highest BCUT2D eigenvalue weighted by Gasteiger charge is 2.31. The molecule has 28 heavy (non-hydrogen) atoms. The van der Waals surface area contributed by atoms with Crippen molar-refractivity contribution in [2.24, 2.45) is 0 Å². The lowest BCUT2D eigenvalue weighted by molar-refractivity contribution is -0.134. The van der Waals surface area contributed by atoms with E-state index in [-0.39, 0.29) is 35.5 Å². The van der Waals surface area contributed by atoms with Gasteiger partial charge < -0.3 is 9.64 Å². The normalized spacial score (nSPS) is 15.5. The predicted octanol–water partition coefficient (Wildman–Crippen LogP) is 2.87. The summed E-state index contributed by atoms with van der Waals surface area (Å²) in [5.41, 5.74) is 1.95. The summed E-state index contributed by atoms with van der Waals surface area (Å²) < 4.78 is 32.7. The minimum atomic E-state index is -3.68. The van der Waals surface area contributed by atoms with Crippen molar-refractivity contribution in [3.63, 3.8) is 0 Å². The predicted molar refractivity (Wildman–Crippen MR) is 108 cm³/mol. The van der Waals surface area contributed by atoms with Gasteiger partial charge in [0.05, 0.1) is 5.02 Å². The van der Waals surface area contributed by atoms with Gasteiger partial charge in [-0.05, 0) is 37.1 Å². The van der Waals surface area contributed by atoms with Crippen LogP contribution in [0.5, 0.6) is 5.75 Å². The van der Waals surface area contributed by atoms with Crippen LogP contribution in [-0.4, -0.2) is 56.3 Å². The molecule has 3 rings (SSSR count). The molecule has 150 valence electrons. The molecule has 1 aliphatic rings. The van der Waals surface area contributed by atoms with Gasteiger partial charge >= 0.3 is 0 Å². The first-order chi connectivity index (χ1) is 13.3. The molecule has 1 heterocycles. The Kier molecular flexibility index (Phi) is 6.27. The summed E-state index contributed by atoms with van der Waals surface area (Å²) in [6.07, 6.45) is 0. The number of para-hydroxylation sites is 1. The molecule has 8 heteroatoms. The third-order valence-corrected chi connectivity index (χ3v) is 7.19. The maximum Gasteiger partial charge on any atom is 0.260 e. The van der Waals surface area contributed by atoms with E-state index in [0.717, 1.165) is 16.9 Å². The molecule has 1 saturated heterocycles. The molecule has 0 radical (unpaired) electrons. The maximum absolute atomic E-state index is 12.8. The van der Waals surface area contributed by atoms with E-state index in [1.807, 2.05) is 32.0 Å². The first kappa shape index (κ1) is 20.6. The van der Waals surface area contributed by atoms with Crippen molar-refractivity contribution in [3.8, 4) is 5.75 Å². The van der Waals surface area contributed by atoms with E-state index in [0.29, 0.717) is 13.1 Å². The fraction of sp³-hybridized carbons (Fsp3) is 0.350. The van der Waals surface area contributed by atoms with Gasteiger partial charge in [-0.3, -0.25) is 4.79 Å². The summed E-state index contributed by atoms with van der Waals surface area (Å²) in [5.74, 6) is 0.563. The summed E-state index contributed by atoms with van der Waals surface area (Å²) in [7, 11) is -3.68. The summed E-state index contributed by atoms with van der Waals surface area (Å²) in [4.78, 5) is 14.2. The Hall–Kier alpha value is -2.09. The zero-order valence-corrected chi connectivity index (χ0v) is 17.5. The average Bonchev–Trinajstić information content (AvgIpc) is 2.67. The maximum atomic E-state index is 12.8. The van der Waals surface area contributed by atoms with Crippen molar-refractivity contribution >= 4 is 27.5 Å². The Morgan fingerprint density at radius 3 is 2.21 bits per heavy atom. The van der Waals surface area contributed by atoms with Crippen molar-refractivity contribution in [1.29, 1.82) is 0 Å². The SMILES string of the molecule is Cc1cccc(C)c1OCC(=O)N1CCN(S(=O)(=O)c2ccccc2Cl)CC1. The highest BCUT2D eigenvalue weighted by Crippen LogP contribution is 2.25. The van der Waals surface area contributed by atoms with Crippen LogP contribution < -0.4 is 4.74 Å². The van der Waals surface area contributed by atoms with Crippen LogP contribution in [0.15, 0.2) is 47.4 Å². The standard InChI is InChI=1S/C20H23ClN2O4S/c1-15-6-5-7-16(2)20(15)27-14-19(24)22-10-12-23(13-11-22)28(25,26)18-9-4-3-8-17(18)21/h3-9H,10-14H2,1-2H3. The number of piperazine rings is 1. The van der Waals surface area contributed by atoms with E-state index in [9.17, 15) is 13.2 Å². The number of halogens is 1. The molecule has 1 aliphatic heterocycles. The topological polar surface area (TPSA) is 66.9 Å². The Balaban J connectivity index is 1.59. The van der Waals surface area contributed by atoms with Gasteiger partial charge in [0.1, 0.15) is 10.6 Å². The van der Waals surface area contributed by atoms with Gasteiger partial charge in [-0.15, -0.1) is 0 Å². The molecule has 1 amide bonds. The van der Waals surface area contributed by atoms with Crippen LogP contribution >= 0.6 is 11.6 Å². The Morgan fingerprint density at radius 1 is 1.00 bits per heavy atom. The Bertz CT molecular complexity index is 950. The number of rotatable bonds is 5. The number of carbonyl (C=O) groups excluding carboxylic acids is 1. The number of hydrogen-bond donors (Lipinski definition) is 0. The van der Waals surface area contributed by atoms with Gasteiger partial charge in [0.2, 0.25) is 10.0 Å². The summed E-state index contributed by atoms with van der Waals surface area (Å²) >= 11 is 6.05. The average molecular weight is 423 g/mol. The fourth-order valence-corrected chi connectivity index (χ4v) is 5.14. The number of benzene rings is 2. The first-order valence-corrected chi connectivity index (χ1v) is 10.8. The second kappa shape index (κ2) is 8.51. The van der Waals surface area contributed by atoms with Crippen molar-refractivity contribution < 1.29 is 17.9 Å². The van der Waals surface area contributed by atoms with Crippen molar-refractivity contribution in [3.05, 3.63) is 58.6 Å². The lowest BCUT2D eigenvalue weighted by Gasteiger charge is -2.34. The molecule has 2 aromatic rings. The first-order valence-electron chi connectivity index (χ1n) is 9.02. The van der Waals surface area contributed by atoms with Crippen LogP contribution in [0.1, 0.15) is 11.1 Å². The monoisotopic (exact) mass is 422 g/mol. The summed E-state index contributed by atoms with van der Waals surface area (Å²) in [6, 6.07) is 12.2. The third-order valence-electron chi connectivity index (χ3n) is 4.79.